The average molecular weight is 293 g/mol. The van der Waals surface area contributed by atoms with Gasteiger partial charge in [-0.1, -0.05) is 5.16 Å². The van der Waals surface area contributed by atoms with E-state index in [0.29, 0.717) is 16.3 Å². The third kappa shape index (κ3) is 2.50. The van der Waals surface area contributed by atoms with Gasteiger partial charge in [0.25, 0.3) is 5.91 Å². The van der Waals surface area contributed by atoms with Gasteiger partial charge in [-0.05, 0) is 25.5 Å². The molecule has 0 aliphatic carbocycles. The minimum absolute atomic E-state index is 0.105. The number of thiophene rings is 1. The third-order valence-electron chi connectivity index (χ3n) is 2.94. The number of aryl methyl sites for hydroxylation is 3. The predicted octanol–water partition coefficient (Wildman–Crippen LogP) is 1.45. The van der Waals surface area contributed by atoms with Crippen LogP contribution >= 0.6 is 11.3 Å². The highest BCUT2D eigenvalue weighted by molar-refractivity contribution is 7.14. The minimum atomic E-state index is -0.248. The van der Waals surface area contributed by atoms with Crippen molar-refractivity contribution in [3.8, 4) is 0 Å². The Bertz CT molecular complexity index is 667. The number of carbonyl (C=O) groups is 1. The first-order valence-electron chi connectivity index (χ1n) is 5.82. The standard InChI is InChI=1S/C12H15N5O2S/c1-6-4-9(20-7(6)2)12(18)15-11-8(10(13)16-19)5-14-17(11)3/h4-5,19H,1-3H3,(H2,13,16)(H,15,18). The molecule has 0 saturated heterocycles. The Balaban J connectivity index is 2.30. The quantitative estimate of drug-likeness (QED) is 0.344. The van der Waals surface area contributed by atoms with E-state index in [-0.39, 0.29) is 11.7 Å². The van der Waals surface area contributed by atoms with Crippen LogP contribution in [0.4, 0.5) is 5.82 Å². The molecular weight excluding hydrogens is 278 g/mol. The molecule has 0 unspecified atom stereocenters. The van der Waals surface area contributed by atoms with Crippen LogP contribution in [-0.2, 0) is 7.05 Å². The molecule has 0 aromatic carbocycles. The van der Waals surface area contributed by atoms with Crippen LogP contribution in [0.3, 0.4) is 0 Å². The number of amidine groups is 1. The molecule has 20 heavy (non-hydrogen) atoms. The molecule has 0 bridgehead atoms. The number of nitrogens with zero attached hydrogens (tertiary/aromatic N) is 3. The van der Waals surface area contributed by atoms with Gasteiger partial charge in [0, 0.05) is 11.9 Å². The number of carbonyl (C=O) groups excluding carboxylic acids is 1. The van der Waals surface area contributed by atoms with E-state index in [2.05, 4.69) is 15.6 Å². The summed E-state index contributed by atoms with van der Waals surface area (Å²) < 4.78 is 1.46. The summed E-state index contributed by atoms with van der Waals surface area (Å²) >= 11 is 1.42. The fraction of sp³-hybridized carbons (Fsp3) is 0.250. The number of oxime groups is 1. The molecule has 0 saturated carbocycles. The number of nitrogens with two attached hydrogens (primary N) is 1. The van der Waals surface area contributed by atoms with Crippen LogP contribution in [0, 0.1) is 13.8 Å². The van der Waals surface area contributed by atoms with Crippen molar-refractivity contribution in [2.75, 3.05) is 5.32 Å². The molecule has 106 valence electrons. The molecule has 0 fully saturated rings. The molecule has 0 aliphatic rings. The van der Waals surface area contributed by atoms with Gasteiger partial charge in [-0.2, -0.15) is 5.10 Å². The number of anilines is 1. The molecule has 2 heterocycles. The molecule has 0 radical (unpaired) electrons. The molecule has 4 N–H and O–H groups in total. The highest BCUT2D eigenvalue weighted by atomic mass is 32.1. The fourth-order valence-corrected chi connectivity index (χ4v) is 2.61. The molecular formula is C12H15N5O2S. The topological polar surface area (TPSA) is 106 Å². The lowest BCUT2D eigenvalue weighted by Gasteiger charge is -2.06. The van der Waals surface area contributed by atoms with Gasteiger partial charge in [0.1, 0.15) is 5.82 Å². The molecule has 2 aromatic rings. The summed E-state index contributed by atoms with van der Waals surface area (Å²) in [5, 5.41) is 18.4. The van der Waals surface area contributed by atoms with E-state index < -0.39 is 0 Å². The Hall–Kier alpha value is -2.35. The Morgan fingerprint density at radius 2 is 2.25 bits per heavy atom. The van der Waals surface area contributed by atoms with E-state index in [1.807, 2.05) is 19.9 Å². The maximum atomic E-state index is 12.2. The molecule has 2 rings (SSSR count). The first kappa shape index (κ1) is 14.1. The summed E-state index contributed by atoms with van der Waals surface area (Å²) in [6.07, 6.45) is 1.43. The van der Waals surface area contributed by atoms with Gasteiger partial charge in [-0.15, -0.1) is 11.3 Å². The fourth-order valence-electron chi connectivity index (χ4n) is 1.68. The highest BCUT2D eigenvalue weighted by Crippen LogP contribution is 2.22. The zero-order valence-corrected chi connectivity index (χ0v) is 12.2. The van der Waals surface area contributed by atoms with E-state index in [0.717, 1.165) is 10.4 Å². The number of nitrogens with one attached hydrogen (secondary N) is 1. The zero-order chi connectivity index (χ0) is 14.9. The summed E-state index contributed by atoms with van der Waals surface area (Å²) in [6, 6.07) is 1.83. The van der Waals surface area contributed by atoms with Crippen molar-refractivity contribution in [3.63, 3.8) is 0 Å². The van der Waals surface area contributed by atoms with Crippen molar-refractivity contribution in [3.05, 3.63) is 33.1 Å². The molecule has 0 spiro atoms. The summed E-state index contributed by atoms with van der Waals surface area (Å²) in [5.74, 6) is 0.0303. The highest BCUT2D eigenvalue weighted by Gasteiger charge is 2.17. The second kappa shape index (κ2) is 5.33. The normalized spacial score (nSPS) is 11.7. The first-order chi connectivity index (χ1) is 9.43. The van der Waals surface area contributed by atoms with E-state index in [1.54, 1.807) is 7.05 Å². The molecule has 1 amide bonds. The lowest BCUT2D eigenvalue weighted by atomic mass is 10.2. The Morgan fingerprint density at radius 1 is 1.55 bits per heavy atom. The lowest BCUT2D eigenvalue weighted by molar-refractivity contribution is 0.102. The number of hydrogen-bond acceptors (Lipinski definition) is 5. The molecule has 7 nitrogen and oxygen atoms in total. The van der Waals surface area contributed by atoms with Crippen LogP contribution in [0.1, 0.15) is 25.7 Å². The second-order valence-corrected chi connectivity index (χ2v) is 5.58. The van der Waals surface area contributed by atoms with Crippen molar-refractivity contribution in [2.45, 2.75) is 13.8 Å². The Morgan fingerprint density at radius 3 is 2.80 bits per heavy atom. The smallest absolute Gasteiger partial charge is 0.266 e. The summed E-state index contributed by atoms with van der Waals surface area (Å²) in [6.45, 7) is 3.91. The van der Waals surface area contributed by atoms with E-state index in [9.17, 15) is 4.79 Å². The number of aromatic nitrogens is 2. The summed E-state index contributed by atoms with van der Waals surface area (Å²) in [5.41, 5.74) is 6.99. The number of hydrogen-bond donors (Lipinski definition) is 3. The second-order valence-electron chi connectivity index (χ2n) is 4.32. The lowest BCUT2D eigenvalue weighted by Crippen LogP contribution is -2.19. The van der Waals surface area contributed by atoms with Gasteiger partial charge in [0.15, 0.2) is 5.84 Å². The van der Waals surface area contributed by atoms with Crippen LogP contribution in [0.2, 0.25) is 0 Å². The van der Waals surface area contributed by atoms with Crippen LogP contribution in [-0.4, -0.2) is 26.7 Å². The number of rotatable bonds is 3. The SMILES string of the molecule is Cc1cc(C(=O)Nc2c(C(N)=NO)cnn2C)sc1C. The van der Waals surface area contributed by atoms with E-state index >= 15 is 0 Å². The van der Waals surface area contributed by atoms with Crippen molar-refractivity contribution in [2.24, 2.45) is 17.9 Å². The van der Waals surface area contributed by atoms with Crippen LogP contribution in [0.25, 0.3) is 0 Å². The van der Waals surface area contributed by atoms with Crippen LogP contribution in [0.15, 0.2) is 17.4 Å². The number of amides is 1. The summed E-state index contributed by atoms with van der Waals surface area (Å²) in [7, 11) is 1.66. The van der Waals surface area contributed by atoms with E-state index in [1.165, 1.54) is 22.2 Å². The average Bonchev–Trinajstić information content (AvgIpc) is 2.94. The molecule has 0 aliphatic heterocycles. The monoisotopic (exact) mass is 293 g/mol. The molecule has 2 aromatic heterocycles. The van der Waals surface area contributed by atoms with Crippen molar-refractivity contribution in [1.29, 1.82) is 0 Å². The largest absolute Gasteiger partial charge is 0.409 e. The summed E-state index contributed by atoms with van der Waals surface area (Å²) in [4.78, 5) is 13.9. The predicted molar refractivity (Wildman–Crippen MR) is 77.5 cm³/mol. The first-order valence-corrected chi connectivity index (χ1v) is 6.64. The third-order valence-corrected chi connectivity index (χ3v) is 4.10. The van der Waals surface area contributed by atoms with Gasteiger partial charge in [-0.3, -0.25) is 9.48 Å². The van der Waals surface area contributed by atoms with Gasteiger partial charge >= 0.3 is 0 Å². The van der Waals surface area contributed by atoms with Gasteiger partial charge in [0.05, 0.1) is 16.6 Å². The van der Waals surface area contributed by atoms with Crippen LogP contribution in [0.5, 0.6) is 0 Å². The minimum Gasteiger partial charge on any atom is -0.409 e. The van der Waals surface area contributed by atoms with Gasteiger partial charge in [-0.25, -0.2) is 0 Å². The maximum Gasteiger partial charge on any atom is 0.266 e. The zero-order valence-electron chi connectivity index (χ0n) is 11.3. The van der Waals surface area contributed by atoms with Crippen molar-refractivity contribution in [1.82, 2.24) is 9.78 Å². The maximum absolute atomic E-state index is 12.2. The van der Waals surface area contributed by atoms with Gasteiger partial charge in [0.2, 0.25) is 0 Å². The van der Waals surface area contributed by atoms with Crippen molar-refractivity contribution >= 4 is 28.9 Å². The molecule has 0 atom stereocenters. The van der Waals surface area contributed by atoms with E-state index in [4.69, 9.17) is 10.9 Å². The Kier molecular flexibility index (Phi) is 3.75. The molecule has 8 heteroatoms. The van der Waals surface area contributed by atoms with Crippen molar-refractivity contribution < 1.29 is 10.0 Å². The van der Waals surface area contributed by atoms with Crippen LogP contribution < -0.4 is 11.1 Å². The Labute approximate surface area is 119 Å². The van der Waals surface area contributed by atoms with Gasteiger partial charge < -0.3 is 16.3 Å².